The minimum absolute atomic E-state index is 0.0596. The van der Waals surface area contributed by atoms with Gasteiger partial charge in [0, 0.05) is 18.5 Å². The van der Waals surface area contributed by atoms with Crippen molar-refractivity contribution in [2.24, 2.45) is 0 Å². The molecule has 0 heterocycles. The van der Waals surface area contributed by atoms with Crippen molar-refractivity contribution in [3.63, 3.8) is 0 Å². The number of carbonyl (C=O) groups excluding carboxylic acids is 2. The summed E-state index contributed by atoms with van der Waals surface area (Å²) in [6.07, 6.45) is 8.62. The Hall–Kier alpha value is -2.36. The van der Waals surface area contributed by atoms with Crippen LogP contribution in [0.5, 0.6) is 0 Å². The molecule has 0 saturated heterocycles. The molecule has 23 heavy (non-hydrogen) atoms. The third kappa shape index (κ3) is 8.61. The quantitative estimate of drug-likeness (QED) is 0.328. The number of hydrogen-bond acceptors (Lipinski definition) is 3. The van der Waals surface area contributed by atoms with Gasteiger partial charge in [0.2, 0.25) is 5.91 Å². The minimum Gasteiger partial charge on any atom is -0.469 e. The van der Waals surface area contributed by atoms with E-state index in [0.717, 1.165) is 24.8 Å². The number of benzene rings is 1. The molecule has 0 aliphatic heterocycles. The number of rotatable bonds is 9. The van der Waals surface area contributed by atoms with E-state index >= 15 is 0 Å². The molecule has 1 amide bonds. The Morgan fingerprint density at radius 1 is 1.13 bits per heavy atom. The van der Waals surface area contributed by atoms with Crippen molar-refractivity contribution in [3.05, 3.63) is 53.6 Å². The van der Waals surface area contributed by atoms with Crippen LogP contribution in [0, 0.1) is 0 Å². The van der Waals surface area contributed by atoms with Gasteiger partial charge < -0.3 is 10.1 Å². The first-order chi connectivity index (χ1) is 11.1. The molecule has 0 saturated carbocycles. The van der Waals surface area contributed by atoms with Crippen molar-refractivity contribution in [1.29, 1.82) is 0 Å². The maximum atomic E-state index is 11.9. The number of carbonyl (C=O) groups is 2. The molecule has 4 heteroatoms. The van der Waals surface area contributed by atoms with Gasteiger partial charge in [0.25, 0.3) is 0 Å². The zero-order chi connectivity index (χ0) is 16.9. The lowest BCUT2D eigenvalue weighted by atomic mass is 10.2. The third-order valence-electron chi connectivity index (χ3n) is 3.36. The van der Waals surface area contributed by atoms with Gasteiger partial charge in [0.05, 0.1) is 7.11 Å². The first kappa shape index (κ1) is 18.7. The SMILES string of the molecule is COC(=O)CCCCCNC(=O)/C(C)=C/C=C/c1ccccc1. The van der Waals surface area contributed by atoms with E-state index in [2.05, 4.69) is 10.1 Å². The summed E-state index contributed by atoms with van der Waals surface area (Å²) in [6.45, 7) is 2.41. The fraction of sp³-hybridized carbons (Fsp3) is 0.368. The smallest absolute Gasteiger partial charge is 0.305 e. The van der Waals surface area contributed by atoms with E-state index in [-0.39, 0.29) is 11.9 Å². The highest BCUT2D eigenvalue weighted by molar-refractivity contribution is 5.93. The number of esters is 1. The summed E-state index contributed by atoms with van der Waals surface area (Å²) in [4.78, 5) is 22.8. The summed E-state index contributed by atoms with van der Waals surface area (Å²) in [5, 5.41) is 2.88. The van der Waals surface area contributed by atoms with Crippen LogP contribution in [0.25, 0.3) is 6.08 Å². The molecule has 0 spiro atoms. The zero-order valence-electron chi connectivity index (χ0n) is 13.9. The maximum Gasteiger partial charge on any atom is 0.305 e. The first-order valence-corrected chi connectivity index (χ1v) is 7.88. The highest BCUT2D eigenvalue weighted by Crippen LogP contribution is 2.03. The minimum atomic E-state index is -0.182. The van der Waals surface area contributed by atoms with Crippen LogP contribution in [0.4, 0.5) is 0 Å². The molecule has 1 aromatic rings. The predicted octanol–water partition coefficient (Wildman–Crippen LogP) is 3.50. The van der Waals surface area contributed by atoms with Crippen LogP contribution in [0.2, 0.25) is 0 Å². The summed E-state index contributed by atoms with van der Waals surface area (Å²) in [5.74, 6) is -0.242. The van der Waals surface area contributed by atoms with E-state index in [1.54, 1.807) is 13.0 Å². The number of methoxy groups -OCH3 is 1. The predicted molar refractivity (Wildman–Crippen MR) is 92.7 cm³/mol. The number of allylic oxidation sites excluding steroid dienone is 2. The molecule has 1 rings (SSSR count). The molecule has 0 fully saturated rings. The second-order valence-corrected chi connectivity index (χ2v) is 5.26. The van der Waals surface area contributed by atoms with Crippen molar-refractivity contribution in [2.45, 2.75) is 32.6 Å². The van der Waals surface area contributed by atoms with Gasteiger partial charge in [-0.05, 0) is 25.3 Å². The van der Waals surface area contributed by atoms with E-state index in [1.807, 2.05) is 42.5 Å². The van der Waals surface area contributed by atoms with Gasteiger partial charge in [-0.25, -0.2) is 0 Å². The molecule has 0 unspecified atom stereocenters. The number of amides is 1. The molecule has 1 aromatic carbocycles. The van der Waals surface area contributed by atoms with Gasteiger partial charge in [0.1, 0.15) is 0 Å². The van der Waals surface area contributed by atoms with Crippen LogP contribution in [0.1, 0.15) is 38.2 Å². The second-order valence-electron chi connectivity index (χ2n) is 5.26. The Morgan fingerprint density at radius 3 is 2.57 bits per heavy atom. The van der Waals surface area contributed by atoms with Crippen molar-refractivity contribution < 1.29 is 14.3 Å². The summed E-state index contributed by atoms with van der Waals surface area (Å²) in [5.41, 5.74) is 1.77. The monoisotopic (exact) mass is 315 g/mol. The number of nitrogens with one attached hydrogen (secondary N) is 1. The fourth-order valence-corrected chi connectivity index (χ4v) is 1.96. The van der Waals surface area contributed by atoms with Crippen molar-refractivity contribution >= 4 is 18.0 Å². The Balaban J connectivity index is 2.22. The molecule has 0 atom stereocenters. The van der Waals surface area contributed by atoms with Gasteiger partial charge in [-0.1, -0.05) is 55.0 Å². The fourth-order valence-electron chi connectivity index (χ4n) is 1.96. The van der Waals surface area contributed by atoms with Crippen LogP contribution in [0.15, 0.2) is 48.1 Å². The standard InChI is InChI=1S/C19H25NO3/c1-16(10-9-13-17-11-5-3-6-12-17)19(22)20-15-8-4-7-14-18(21)23-2/h3,5-6,9-13H,4,7-8,14-15H2,1-2H3,(H,20,22)/b13-9+,16-10+. The van der Waals surface area contributed by atoms with Crippen LogP contribution < -0.4 is 5.32 Å². The van der Waals surface area contributed by atoms with E-state index in [9.17, 15) is 9.59 Å². The van der Waals surface area contributed by atoms with Crippen LogP contribution in [0.3, 0.4) is 0 Å². The molecule has 1 N–H and O–H groups in total. The van der Waals surface area contributed by atoms with E-state index < -0.39 is 0 Å². The highest BCUT2D eigenvalue weighted by atomic mass is 16.5. The second kappa shape index (κ2) is 11.2. The molecular weight excluding hydrogens is 290 g/mol. The summed E-state index contributed by atoms with van der Waals surface area (Å²) >= 11 is 0. The van der Waals surface area contributed by atoms with Crippen molar-refractivity contribution in [3.8, 4) is 0 Å². The maximum absolute atomic E-state index is 11.9. The van der Waals surface area contributed by atoms with E-state index in [0.29, 0.717) is 18.5 Å². The van der Waals surface area contributed by atoms with E-state index in [1.165, 1.54) is 7.11 Å². The normalized spacial score (nSPS) is 11.5. The molecule has 0 aliphatic carbocycles. The van der Waals surface area contributed by atoms with Gasteiger partial charge in [-0.15, -0.1) is 0 Å². The summed E-state index contributed by atoms with van der Waals surface area (Å²) in [6, 6.07) is 9.94. The Kier molecular flexibility index (Phi) is 9.13. The molecular formula is C19H25NO3. The average Bonchev–Trinajstić information content (AvgIpc) is 2.58. The van der Waals surface area contributed by atoms with E-state index in [4.69, 9.17) is 0 Å². The third-order valence-corrected chi connectivity index (χ3v) is 3.36. The van der Waals surface area contributed by atoms with Crippen molar-refractivity contribution in [1.82, 2.24) is 5.32 Å². The summed E-state index contributed by atoms with van der Waals surface area (Å²) < 4.78 is 4.57. The number of unbranched alkanes of at least 4 members (excludes halogenated alkanes) is 2. The number of hydrogen-bond donors (Lipinski definition) is 1. The first-order valence-electron chi connectivity index (χ1n) is 7.88. The van der Waals surface area contributed by atoms with Crippen LogP contribution in [-0.2, 0) is 14.3 Å². The van der Waals surface area contributed by atoms with Gasteiger partial charge in [-0.3, -0.25) is 9.59 Å². The number of ether oxygens (including phenoxy) is 1. The summed E-state index contributed by atoms with van der Waals surface area (Å²) in [7, 11) is 1.39. The highest BCUT2D eigenvalue weighted by Gasteiger charge is 2.02. The topological polar surface area (TPSA) is 55.4 Å². The Bertz CT molecular complexity index is 547. The van der Waals surface area contributed by atoms with Gasteiger partial charge in [-0.2, -0.15) is 0 Å². The molecule has 0 radical (unpaired) electrons. The zero-order valence-corrected chi connectivity index (χ0v) is 13.9. The van der Waals surface area contributed by atoms with Gasteiger partial charge >= 0.3 is 5.97 Å². The van der Waals surface area contributed by atoms with Gasteiger partial charge in [0.15, 0.2) is 0 Å². The molecule has 0 aromatic heterocycles. The van der Waals surface area contributed by atoms with Crippen molar-refractivity contribution in [2.75, 3.05) is 13.7 Å². The lowest BCUT2D eigenvalue weighted by Crippen LogP contribution is -2.25. The lowest BCUT2D eigenvalue weighted by molar-refractivity contribution is -0.140. The molecule has 0 bridgehead atoms. The Morgan fingerprint density at radius 2 is 1.87 bits per heavy atom. The molecule has 0 aliphatic rings. The Labute approximate surface area is 138 Å². The van der Waals surface area contributed by atoms with Crippen LogP contribution in [-0.4, -0.2) is 25.5 Å². The lowest BCUT2D eigenvalue weighted by Gasteiger charge is -2.05. The van der Waals surface area contributed by atoms with Crippen LogP contribution >= 0.6 is 0 Å². The molecule has 4 nitrogen and oxygen atoms in total. The average molecular weight is 315 g/mol. The molecule has 124 valence electrons. The largest absolute Gasteiger partial charge is 0.469 e.